The predicted molar refractivity (Wildman–Crippen MR) is 77.6 cm³/mol. The molecule has 1 aliphatic heterocycles. The van der Waals surface area contributed by atoms with Gasteiger partial charge in [-0.2, -0.15) is 5.10 Å². The summed E-state index contributed by atoms with van der Waals surface area (Å²) in [6.07, 6.45) is 4.96. The maximum atomic E-state index is 12.4. The first-order valence-electron chi connectivity index (χ1n) is 7.52. The number of rotatable bonds is 4. The Kier molecular flexibility index (Phi) is 4.48. The molecule has 0 aliphatic carbocycles. The van der Waals surface area contributed by atoms with Gasteiger partial charge in [0.05, 0.1) is 5.60 Å². The van der Waals surface area contributed by atoms with Gasteiger partial charge in [-0.15, -0.1) is 0 Å². The number of nitrogens with zero attached hydrogens (tertiary/aromatic N) is 3. The number of amides is 1. The Labute approximate surface area is 120 Å². The van der Waals surface area contributed by atoms with Crippen LogP contribution in [0.2, 0.25) is 0 Å². The van der Waals surface area contributed by atoms with Crippen LogP contribution in [0, 0.1) is 0 Å². The maximum Gasteiger partial charge on any atom is 0.274 e. The highest BCUT2D eigenvalue weighted by atomic mass is 16.3. The molecule has 1 aliphatic rings. The van der Waals surface area contributed by atoms with Crippen LogP contribution in [0.1, 0.15) is 63.0 Å². The fourth-order valence-corrected chi connectivity index (χ4v) is 2.74. The molecule has 0 spiro atoms. The molecule has 0 bridgehead atoms. The van der Waals surface area contributed by atoms with Crippen molar-refractivity contribution in [3.63, 3.8) is 0 Å². The third-order valence-electron chi connectivity index (χ3n) is 4.05. The van der Waals surface area contributed by atoms with Crippen molar-refractivity contribution in [2.24, 2.45) is 0 Å². The van der Waals surface area contributed by atoms with Gasteiger partial charge in [-0.3, -0.25) is 9.48 Å². The van der Waals surface area contributed by atoms with Crippen LogP contribution in [0.3, 0.4) is 0 Å². The van der Waals surface area contributed by atoms with Gasteiger partial charge in [-0.25, -0.2) is 0 Å². The first-order valence-corrected chi connectivity index (χ1v) is 7.52. The second-order valence-electron chi connectivity index (χ2n) is 6.04. The van der Waals surface area contributed by atoms with Crippen molar-refractivity contribution in [3.05, 3.63) is 18.0 Å². The van der Waals surface area contributed by atoms with Crippen molar-refractivity contribution in [1.29, 1.82) is 0 Å². The van der Waals surface area contributed by atoms with Crippen LogP contribution in [0.15, 0.2) is 12.3 Å². The van der Waals surface area contributed by atoms with Gasteiger partial charge in [0, 0.05) is 25.3 Å². The topological polar surface area (TPSA) is 58.4 Å². The van der Waals surface area contributed by atoms with Crippen LogP contribution in [0.5, 0.6) is 0 Å². The van der Waals surface area contributed by atoms with E-state index < -0.39 is 5.60 Å². The van der Waals surface area contributed by atoms with E-state index in [1.165, 1.54) is 0 Å². The van der Waals surface area contributed by atoms with Crippen molar-refractivity contribution in [2.75, 3.05) is 13.1 Å². The van der Waals surface area contributed by atoms with Gasteiger partial charge in [0.1, 0.15) is 5.69 Å². The van der Waals surface area contributed by atoms with Gasteiger partial charge < -0.3 is 10.0 Å². The van der Waals surface area contributed by atoms with Crippen molar-refractivity contribution < 1.29 is 9.90 Å². The summed E-state index contributed by atoms with van der Waals surface area (Å²) in [5, 5.41) is 14.7. The Morgan fingerprint density at radius 2 is 2.10 bits per heavy atom. The van der Waals surface area contributed by atoms with E-state index in [2.05, 4.69) is 12.0 Å². The van der Waals surface area contributed by atoms with Gasteiger partial charge in [-0.05, 0) is 39.2 Å². The summed E-state index contributed by atoms with van der Waals surface area (Å²) in [6, 6.07) is 2.03. The first kappa shape index (κ1) is 15.0. The number of carbonyl (C=O) groups is 1. The molecule has 1 saturated heterocycles. The Morgan fingerprint density at radius 3 is 2.60 bits per heavy atom. The monoisotopic (exact) mass is 279 g/mol. The highest BCUT2D eigenvalue weighted by Gasteiger charge is 2.33. The predicted octanol–water partition coefficient (Wildman–Crippen LogP) is 2.23. The van der Waals surface area contributed by atoms with Crippen molar-refractivity contribution in [2.45, 2.75) is 58.1 Å². The van der Waals surface area contributed by atoms with Crippen molar-refractivity contribution in [3.8, 4) is 0 Å². The number of piperidine rings is 1. The van der Waals surface area contributed by atoms with E-state index in [1.807, 2.05) is 20.0 Å². The number of carbonyl (C=O) groups excluding carboxylic acids is 1. The van der Waals surface area contributed by atoms with Crippen molar-refractivity contribution in [1.82, 2.24) is 14.7 Å². The van der Waals surface area contributed by atoms with Gasteiger partial charge in [-0.1, -0.05) is 13.3 Å². The van der Waals surface area contributed by atoms with E-state index in [4.69, 9.17) is 0 Å². The zero-order chi connectivity index (χ0) is 14.8. The average Bonchev–Trinajstić information content (AvgIpc) is 2.88. The molecule has 5 heteroatoms. The molecule has 1 aromatic heterocycles. The molecular formula is C15H25N3O2. The minimum Gasteiger partial charge on any atom is -0.390 e. The Bertz CT molecular complexity index is 459. The number of aromatic nitrogens is 2. The molecule has 0 radical (unpaired) electrons. The van der Waals surface area contributed by atoms with E-state index in [-0.39, 0.29) is 11.9 Å². The zero-order valence-corrected chi connectivity index (χ0v) is 12.7. The largest absolute Gasteiger partial charge is 0.390 e. The standard InChI is InChI=1S/C15H25N3O2/c1-4-6-15(20)7-10-17(11-8-15)14(19)13-5-9-18(16-13)12(2)3/h5,9,12,20H,4,6-8,10-11H2,1-3H3. The normalized spacial score (nSPS) is 18.6. The van der Waals surface area contributed by atoms with Gasteiger partial charge >= 0.3 is 0 Å². The van der Waals surface area contributed by atoms with E-state index >= 15 is 0 Å². The zero-order valence-electron chi connectivity index (χ0n) is 12.7. The minimum atomic E-state index is -0.581. The molecule has 1 amide bonds. The molecule has 112 valence electrons. The number of aliphatic hydroxyl groups is 1. The van der Waals surface area contributed by atoms with Crippen LogP contribution < -0.4 is 0 Å². The van der Waals surface area contributed by atoms with E-state index in [1.54, 1.807) is 15.6 Å². The fraction of sp³-hybridized carbons (Fsp3) is 0.733. The molecule has 0 unspecified atom stereocenters. The van der Waals surface area contributed by atoms with Crippen LogP contribution in [-0.2, 0) is 0 Å². The average molecular weight is 279 g/mol. The molecule has 20 heavy (non-hydrogen) atoms. The highest BCUT2D eigenvalue weighted by molar-refractivity contribution is 5.92. The van der Waals surface area contributed by atoms with Gasteiger partial charge in [0.25, 0.3) is 5.91 Å². The molecule has 0 aromatic carbocycles. The highest BCUT2D eigenvalue weighted by Crippen LogP contribution is 2.27. The van der Waals surface area contributed by atoms with Crippen LogP contribution in [0.4, 0.5) is 0 Å². The third kappa shape index (κ3) is 3.20. The quantitative estimate of drug-likeness (QED) is 0.919. The lowest BCUT2D eigenvalue weighted by Crippen LogP contribution is -2.46. The Morgan fingerprint density at radius 1 is 1.45 bits per heavy atom. The summed E-state index contributed by atoms with van der Waals surface area (Å²) in [5.41, 5.74) is -0.0809. The molecular weight excluding hydrogens is 254 g/mol. The Balaban J connectivity index is 1.97. The SMILES string of the molecule is CCCC1(O)CCN(C(=O)c2ccn(C(C)C)n2)CC1. The summed E-state index contributed by atoms with van der Waals surface area (Å²) < 4.78 is 1.80. The lowest BCUT2D eigenvalue weighted by molar-refractivity contribution is -0.0234. The maximum absolute atomic E-state index is 12.4. The van der Waals surface area contributed by atoms with E-state index in [9.17, 15) is 9.90 Å². The second kappa shape index (κ2) is 5.95. The van der Waals surface area contributed by atoms with E-state index in [0.29, 0.717) is 31.6 Å². The molecule has 0 saturated carbocycles. The van der Waals surface area contributed by atoms with Crippen LogP contribution in [-0.4, -0.2) is 44.4 Å². The second-order valence-corrected chi connectivity index (χ2v) is 6.04. The molecule has 1 N–H and O–H groups in total. The number of likely N-dealkylation sites (tertiary alicyclic amines) is 1. The first-order chi connectivity index (χ1) is 9.45. The summed E-state index contributed by atoms with van der Waals surface area (Å²) >= 11 is 0. The Hall–Kier alpha value is -1.36. The summed E-state index contributed by atoms with van der Waals surface area (Å²) in [7, 11) is 0. The fourth-order valence-electron chi connectivity index (χ4n) is 2.74. The third-order valence-corrected chi connectivity index (χ3v) is 4.05. The number of hydrogen-bond donors (Lipinski definition) is 1. The summed E-state index contributed by atoms with van der Waals surface area (Å²) in [6.45, 7) is 7.38. The lowest BCUT2D eigenvalue weighted by atomic mass is 9.87. The molecule has 2 heterocycles. The minimum absolute atomic E-state index is 0.0250. The number of hydrogen-bond acceptors (Lipinski definition) is 3. The molecule has 1 aromatic rings. The van der Waals surface area contributed by atoms with Crippen LogP contribution in [0.25, 0.3) is 0 Å². The van der Waals surface area contributed by atoms with Crippen molar-refractivity contribution >= 4 is 5.91 Å². The van der Waals surface area contributed by atoms with Gasteiger partial charge in [0.2, 0.25) is 0 Å². The molecule has 2 rings (SSSR count). The van der Waals surface area contributed by atoms with Gasteiger partial charge in [0.15, 0.2) is 0 Å². The lowest BCUT2D eigenvalue weighted by Gasteiger charge is -2.37. The summed E-state index contributed by atoms with van der Waals surface area (Å²) in [5.74, 6) is -0.0250. The molecule has 0 atom stereocenters. The molecule has 5 nitrogen and oxygen atoms in total. The van der Waals surface area contributed by atoms with Crippen LogP contribution >= 0.6 is 0 Å². The summed E-state index contributed by atoms with van der Waals surface area (Å²) in [4.78, 5) is 14.2. The molecule has 1 fully saturated rings. The smallest absolute Gasteiger partial charge is 0.274 e. The van der Waals surface area contributed by atoms with E-state index in [0.717, 1.165) is 12.8 Å².